The summed E-state index contributed by atoms with van der Waals surface area (Å²) in [6.45, 7) is 12.8. The van der Waals surface area contributed by atoms with Gasteiger partial charge in [0.25, 0.3) is 5.91 Å². The van der Waals surface area contributed by atoms with Gasteiger partial charge in [-0.25, -0.2) is 4.79 Å². The number of rotatable bonds is 6. The number of hydrogen-bond donors (Lipinski definition) is 0. The minimum absolute atomic E-state index is 0.0227. The van der Waals surface area contributed by atoms with Crippen LogP contribution in [-0.2, 0) is 27.4 Å². The van der Waals surface area contributed by atoms with E-state index in [9.17, 15) is 9.59 Å². The highest BCUT2D eigenvalue weighted by Gasteiger charge is 2.39. The Morgan fingerprint density at radius 1 is 0.944 bits per heavy atom. The van der Waals surface area contributed by atoms with Crippen molar-refractivity contribution in [2.45, 2.75) is 66.3 Å². The molecular formula is C31H35NO4. The van der Waals surface area contributed by atoms with Crippen LogP contribution in [0.3, 0.4) is 0 Å². The summed E-state index contributed by atoms with van der Waals surface area (Å²) >= 11 is 0. The first-order valence-corrected chi connectivity index (χ1v) is 12.3. The molecule has 1 heterocycles. The summed E-state index contributed by atoms with van der Waals surface area (Å²) in [6.07, 6.45) is -0.966. The molecule has 0 aliphatic carbocycles. The summed E-state index contributed by atoms with van der Waals surface area (Å²) in [5.41, 5.74) is 7.67. The average Bonchev–Trinajstić information content (AvgIpc) is 3.16. The first kappa shape index (κ1) is 25.6. The van der Waals surface area contributed by atoms with E-state index in [0.29, 0.717) is 24.2 Å². The van der Waals surface area contributed by atoms with Crippen LogP contribution in [0.2, 0.25) is 0 Å². The lowest BCUT2D eigenvalue weighted by atomic mass is 9.83. The third kappa shape index (κ3) is 4.93. The van der Waals surface area contributed by atoms with Crippen LogP contribution in [0.25, 0.3) is 11.1 Å². The fourth-order valence-corrected chi connectivity index (χ4v) is 5.03. The summed E-state index contributed by atoms with van der Waals surface area (Å²) in [5, 5.41) is 0. The van der Waals surface area contributed by atoms with Crippen molar-refractivity contribution in [3.8, 4) is 11.1 Å². The van der Waals surface area contributed by atoms with E-state index in [1.165, 1.54) is 7.11 Å². The van der Waals surface area contributed by atoms with E-state index in [-0.39, 0.29) is 5.91 Å². The van der Waals surface area contributed by atoms with Crippen LogP contribution in [0.5, 0.6) is 0 Å². The standard InChI is InChI=1S/C31H35NO4/c1-19-13-15-23(16-14-19)25-20(2)24-18-32(17-22-11-9-8-10-12-22)29(33)26(24)21(3)27(25)28(30(34)35-7)36-31(4,5)6/h8-16,28H,17-18H2,1-7H3. The minimum atomic E-state index is -0.966. The van der Waals surface area contributed by atoms with Gasteiger partial charge in [-0.15, -0.1) is 0 Å². The molecule has 0 saturated heterocycles. The summed E-state index contributed by atoms with van der Waals surface area (Å²) in [6, 6.07) is 18.3. The van der Waals surface area contributed by atoms with E-state index in [4.69, 9.17) is 9.47 Å². The number of carbonyl (C=O) groups is 2. The number of amides is 1. The molecule has 3 aromatic rings. The Labute approximate surface area is 214 Å². The fraction of sp³-hybridized carbons (Fsp3) is 0.355. The van der Waals surface area contributed by atoms with Crippen LogP contribution in [0, 0.1) is 20.8 Å². The highest BCUT2D eigenvalue weighted by atomic mass is 16.6. The van der Waals surface area contributed by atoms with E-state index in [1.807, 2.05) is 76.8 Å². The number of aryl methyl sites for hydroxylation is 1. The molecule has 36 heavy (non-hydrogen) atoms. The summed E-state index contributed by atoms with van der Waals surface area (Å²) in [5.74, 6) is -0.502. The van der Waals surface area contributed by atoms with E-state index < -0.39 is 17.7 Å². The van der Waals surface area contributed by atoms with E-state index in [1.54, 1.807) is 0 Å². The Morgan fingerprint density at radius 3 is 2.17 bits per heavy atom. The zero-order valence-corrected chi connectivity index (χ0v) is 22.3. The van der Waals surface area contributed by atoms with Gasteiger partial charge in [0.2, 0.25) is 0 Å². The lowest BCUT2D eigenvalue weighted by Crippen LogP contribution is -2.30. The molecule has 0 fully saturated rings. The number of nitrogens with zero attached hydrogens (tertiary/aromatic N) is 1. The first-order chi connectivity index (χ1) is 17.0. The van der Waals surface area contributed by atoms with Gasteiger partial charge in [0.15, 0.2) is 6.10 Å². The minimum Gasteiger partial charge on any atom is -0.467 e. The molecule has 0 aromatic heterocycles. The second kappa shape index (κ2) is 9.90. The van der Waals surface area contributed by atoms with Crippen molar-refractivity contribution in [1.29, 1.82) is 0 Å². The molecule has 0 bridgehead atoms. The number of benzene rings is 3. The van der Waals surface area contributed by atoms with Crippen molar-refractivity contribution >= 4 is 11.9 Å². The molecule has 1 amide bonds. The second-order valence-corrected chi connectivity index (χ2v) is 10.5. The molecule has 1 unspecified atom stereocenters. The molecule has 1 aliphatic heterocycles. The number of ether oxygens (including phenoxy) is 2. The molecule has 0 saturated carbocycles. The van der Waals surface area contributed by atoms with Gasteiger partial charge in [0.1, 0.15) is 0 Å². The Hall–Kier alpha value is -3.44. The zero-order chi connectivity index (χ0) is 26.2. The quantitative estimate of drug-likeness (QED) is 0.376. The van der Waals surface area contributed by atoms with E-state index >= 15 is 0 Å². The predicted octanol–water partition coefficient (Wildman–Crippen LogP) is 6.46. The Morgan fingerprint density at radius 2 is 1.58 bits per heavy atom. The topological polar surface area (TPSA) is 55.8 Å². The highest BCUT2D eigenvalue weighted by Crippen LogP contribution is 2.44. The second-order valence-electron chi connectivity index (χ2n) is 10.5. The molecule has 4 rings (SSSR count). The number of fused-ring (bicyclic) bond motifs is 1. The molecule has 3 aromatic carbocycles. The highest BCUT2D eigenvalue weighted by molar-refractivity contribution is 6.02. The Balaban J connectivity index is 1.94. The van der Waals surface area contributed by atoms with Gasteiger partial charge in [0, 0.05) is 24.2 Å². The summed E-state index contributed by atoms with van der Waals surface area (Å²) < 4.78 is 11.5. The monoisotopic (exact) mass is 485 g/mol. The molecule has 1 atom stereocenters. The molecule has 0 N–H and O–H groups in total. The Bertz CT molecular complexity index is 1290. The number of esters is 1. The third-order valence-corrected chi connectivity index (χ3v) is 6.73. The molecule has 0 spiro atoms. The van der Waals surface area contributed by atoms with Gasteiger partial charge >= 0.3 is 5.97 Å². The van der Waals surface area contributed by atoms with Crippen LogP contribution in [-0.4, -0.2) is 29.5 Å². The van der Waals surface area contributed by atoms with Crippen LogP contribution < -0.4 is 0 Å². The molecule has 188 valence electrons. The molecule has 0 radical (unpaired) electrons. The number of methoxy groups -OCH3 is 1. The smallest absolute Gasteiger partial charge is 0.339 e. The van der Waals surface area contributed by atoms with Gasteiger partial charge in [-0.05, 0) is 74.9 Å². The largest absolute Gasteiger partial charge is 0.467 e. The molecular weight excluding hydrogens is 450 g/mol. The molecule has 5 nitrogen and oxygen atoms in total. The maximum atomic E-state index is 13.7. The third-order valence-electron chi connectivity index (χ3n) is 6.73. The van der Waals surface area contributed by atoms with E-state index in [0.717, 1.165) is 38.9 Å². The fourth-order valence-electron chi connectivity index (χ4n) is 5.03. The van der Waals surface area contributed by atoms with Crippen molar-refractivity contribution in [2.75, 3.05) is 7.11 Å². The van der Waals surface area contributed by atoms with Crippen molar-refractivity contribution in [3.05, 3.63) is 93.5 Å². The average molecular weight is 486 g/mol. The zero-order valence-electron chi connectivity index (χ0n) is 22.3. The van der Waals surface area contributed by atoms with Gasteiger partial charge < -0.3 is 14.4 Å². The SMILES string of the molecule is COC(=O)C(OC(C)(C)C)c1c(C)c2c(c(C)c1-c1ccc(C)cc1)CN(Cc1ccccc1)C2=O. The Kier molecular flexibility index (Phi) is 7.05. The van der Waals surface area contributed by atoms with Crippen molar-refractivity contribution in [3.63, 3.8) is 0 Å². The lowest BCUT2D eigenvalue weighted by molar-refractivity contribution is -0.164. The van der Waals surface area contributed by atoms with E-state index in [2.05, 4.69) is 24.3 Å². The van der Waals surface area contributed by atoms with Gasteiger partial charge in [0.05, 0.1) is 12.7 Å². The van der Waals surface area contributed by atoms with Crippen LogP contribution in [0.15, 0.2) is 54.6 Å². The maximum absolute atomic E-state index is 13.7. The van der Waals surface area contributed by atoms with Crippen molar-refractivity contribution in [2.24, 2.45) is 0 Å². The first-order valence-electron chi connectivity index (χ1n) is 12.3. The van der Waals surface area contributed by atoms with Gasteiger partial charge in [-0.2, -0.15) is 0 Å². The lowest BCUT2D eigenvalue weighted by Gasteiger charge is -2.30. The maximum Gasteiger partial charge on any atom is 0.339 e. The van der Waals surface area contributed by atoms with Crippen molar-refractivity contribution in [1.82, 2.24) is 4.90 Å². The van der Waals surface area contributed by atoms with Crippen molar-refractivity contribution < 1.29 is 19.1 Å². The molecule has 5 heteroatoms. The predicted molar refractivity (Wildman–Crippen MR) is 142 cm³/mol. The summed E-state index contributed by atoms with van der Waals surface area (Å²) in [7, 11) is 1.37. The van der Waals surface area contributed by atoms with Crippen LogP contribution in [0.1, 0.15) is 70.6 Å². The van der Waals surface area contributed by atoms with Crippen LogP contribution in [0.4, 0.5) is 0 Å². The van der Waals surface area contributed by atoms with Gasteiger partial charge in [-0.1, -0.05) is 60.2 Å². The molecule has 1 aliphatic rings. The van der Waals surface area contributed by atoms with Crippen LogP contribution >= 0.6 is 0 Å². The normalized spacial score (nSPS) is 14.1. The van der Waals surface area contributed by atoms with Gasteiger partial charge in [-0.3, -0.25) is 4.79 Å². The summed E-state index contributed by atoms with van der Waals surface area (Å²) in [4.78, 5) is 28.7. The number of carbonyl (C=O) groups excluding carboxylic acids is 2. The number of hydrogen-bond acceptors (Lipinski definition) is 4.